The van der Waals surface area contributed by atoms with Crippen molar-refractivity contribution in [3.63, 3.8) is 0 Å². The van der Waals surface area contributed by atoms with Gasteiger partial charge in [-0.05, 0) is 36.8 Å². The fraction of sp³-hybridized carbons (Fsp3) is 0.533. The lowest BCUT2D eigenvalue weighted by molar-refractivity contribution is -0.138. The molecule has 17 heavy (non-hydrogen) atoms. The van der Waals surface area contributed by atoms with Crippen molar-refractivity contribution < 1.29 is 9.90 Å². The summed E-state index contributed by atoms with van der Waals surface area (Å²) in [5.41, 5.74) is 2.26. The van der Waals surface area contributed by atoms with Gasteiger partial charge in [0.2, 0.25) is 0 Å². The summed E-state index contributed by atoms with van der Waals surface area (Å²) < 4.78 is 0. The predicted octanol–water partition coefficient (Wildman–Crippen LogP) is 3.92. The van der Waals surface area contributed by atoms with E-state index in [1.165, 1.54) is 37.7 Å². The van der Waals surface area contributed by atoms with Crippen molar-refractivity contribution in [3.05, 3.63) is 35.4 Å². The monoisotopic (exact) mass is 232 g/mol. The van der Waals surface area contributed by atoms with Crippen LogP contribution in [0.5, 0.6) is 0 Å². The van der Waals surface area contributed by atoms with Gasteiger partial charge in [-0.2, -0.15) is 0 Å². The highest BCUT2D eigenvalue weighted by Crippen LogP contribution is 2.33. The van der Waals surface area contributed by atoms with Crippen LogP contribution in [0.4, 0.5) is 0 Å². The molecule has 92 valence electrons. The summed E-state index contributed by atoms with van der Waals surface area (Å²) >= 11 is 0. The lowest BCUT2D eigenvalue weighted by atomic mass is 9.83. The molecule has 1 N–H and O–H groups in total. The lowest BCUT2D eigenvalue weighted by Crippen LogP contribution is -2.09. The Bertz CT molecular complexity index is 392. The molecule has 0 bridgehead atoms. The second-order valence-corrected chi connectivity index (χ2v) is 5.06. The molecule has 1 atom stereocenters. The fourth-order valence-corrected chi connectivity index (χ4v) is 2.66. The first kappa shape index (κ1) is 12.2. The molecule has 1 unspecified atom stereocenters. The van der Waals surface area contributed by atoms with E-state index in [0.717, 1.165) is 5.56 Å². The Balaban J connectivity index is 2.18. The third-order valence-electron chi connectivity index (χ3n) is 3.86. The van der Waals surface area contributed by atoms with Crippen LogP contribution in [0.1, 0.15) is 62.0 Å². The molecule has 1 aromatic carbocycles. The third kappa shape index (κ3) is 2.87. The molecule has 2 heteroatoms. The summed E-state index contributed by atoms with van der Waals surface area (Å²) in [6, 6.07) is 8.16. The smallest absolute Gasteiger partial charge is 0.310 e. The van der Waals surface area contributed by atoms with Crippen molar-refractivity contribution in [2.24, 2.45) is 0 Å². The molecule has 1 aliphatic rings. The zero-order valence-corrected chi connectivity index (χ0v) is 10.4. The number of hydrogen-bond acceptors (Lipinski definition) is 1. The molecule has 0 heterocycles. The van der Waals surface area contributed by atoms with Crippen molar-refractivity contribution in [1.82, 2.24) is 0 Å². The van der Waals surface area contributed by atoms with Crippen molar-refractivity contribution in [2.45, 2.75) is 50.9 Å². The zero-order chi connectivity index (χ0) is 12.3. The van der Waals surface area contributed by atoms with E-state index in [1.54, 1.807) is 6.92 Å². The molecular formula is C15H20O2. The molecule has 0 radical (unpaired) electrons. The first-order valence-corrected chi connectivity index (χ1v) is 6.51. The highest BCUT2D eigenvalue weighted by atomic mass is 16.4. The average molecular weight is 232 g/mol. The van der Waals surface area contributed by atoms with Gasteiger partial charge in [0, 0.05) is 0 Å². The maximum absolute atomic E-state index is 11.0. The number of rotatable bonds is 3. The summed E-state index contributed by atoms with van der Waals surface area (Å²) in [6.45, 7) is 1.75. The van der Waals surface area contributed by atoms with Crippen molar-refractivity contribution >= 4 is 5.97 Å². The van der Waals surface area contributed by atoms with Crippen LogP contribution in [0.25, 0.3) is 0 Å². The molecule has 0 amide bonds. The first-order valence-electron chi connectivity index (χ1n) is 6.51. The number of aliphatic carboxylic acids is 1. The van der Waals surface area contributed by atoms with Crippen molar-refractivity contribution in [3.8, 4) is 0 Å². The van der Waals surface area contributed by atoms with Crippen molar-refractivity contribution in [2.75, 3.05) is 0 Å². The molecule has 1 aromatic rings. The largest absolute Gasteiger partial charge is 0.481 e. The van der Waals surface area contributed by atoms with Crippen LogP contribution in [0, 0.1) is 0 Å². The molecule has 1 fully saturated rings. The van der Waals surface area contributed by atoms with Crippen LogP contribution < -0.4 is 0 Å². The van der Waals surface area contributed by atoms with Gasteiger partial charge in [-0.1, -0.05) is 43.5 Å². The topological polar surface area (TPSA) is 37.3 Å². The Morgan fingerprint density at radius 3 is 2.65 bits per heavy atom. The zero-order valence-electron chi connectivity index (χ0n) is 10.4. The Kier molecular flexibility index (Phi) is 3.82. The maximum atomic E-state index is 11.0. The molecule has 1 aliphatic carbocycles. The molecule has 2 rings (SSSR count). The van der Waals surface area contributed by atoms with Gasteiger partial charge in [-0.3, -0.25) is 4.79 Å². The standard InChI is InChI=1S/C15H20O2/c1-11(15(16)17)13-8-5-9-14(10-13)12-6-3-2-4-7-12/h5,8-12H,2-4,6-7H2,1H3,(H,16,17). The normalized spacial score (nSPS) is 18.9. The van der Waals surface area contributed by atoms with Crippen LogP contribution in [0.3, 0.4) is 0 Å². The summed E-state index contributed by atoms with van der Waals surface area (Å²) in [7, 11) is 0. The van der Waals surface area contributed by atoms with Gasteiger partial charge in [-0.15, -0.1) is 0 Å². The molecular weight excluding hydrogens is 212 g/mol. The van der Waals surface area contributed by atoms with Gasteiger partial charge in [0.15, 0.2) is 0 Å². The summed E-state index contributed by atoms with van der Waals surface area (Å²) in [6.07, 6.45) is 6.48. The van der Waals surface area contributed by atoms with Gasteiger partial charge in [0.1, 0.15) is 0 Å². The highest BCUT2D eigenvalue weighted by Gasteiger charge is 2.18. The first-order chi connectivity index (χ1) is 8.18. The van der Waals surface area contributed by atoms with Gasteiger partial charge < -0.3 is 5.11 Å². The number of carbonyl (C=O) groups is 1. The fourth-order valence-electron chi connectivity index (χ4n) is 2.66. The van der Waals surface area contributed by atoms with Gasteiger partial charge in [-0.25, -0.2) is 0 Å². The predicted molar refractivity (Wildman–Crippen MR) is 68.3 cm³/mol. The molecule has 0 spiro atoms. The average Bonchev–Trinajstić information content (AvgIpc) is 2.39. The third-order valence-corrected chi connectivity index (χ3v) is 3.86. The van der Waals surface area contributed by atoms with E-state index in [-0.39, 0.29) is 0 Å². The minimum absolute atomic E-state index is 0.404. The summed E-state index contributed by atoms with van der Waals surface area (Å²) in [5.74, 6) is -0.506. The Hall–Kier alpha value is -1.31. The highest BCUT2D eigenvalue weighted by molar-refractivity contribution is 5.75. The minimum atomic E-state index is -0.745. The molecule has 2 nitrogen and oxygen atoms in total. The molecule has 0 saturated heterocycles. The van der Waals surface area contributed by atoms with Crippen LogP contribution in [0.2, 0.25) is 0 Å². The Labute approximate surface area is 103 Å². The van der Waals surface area contributed by atoms with Crippen LogP contribution in [-0.4, -0.2) is 11.1 Å². The maximum Gasteiger partial charge on any atom is 0.310 e. The molecule has 0 aromatic heterocycles. The summed E-state index contributed by atoms with van der Waals surface area (Å²) in [4.78, 5) is 11.0. The van der Waals surface area contributed by atoms with Gasteiger partial charge in [0.25, 0.3) is 0 Å². The van der Waals surface area contributed by atoms with E-state index in [1.807, 2.05) is 12.1 Å². The van der Waals surface area contributed by atoms with E-state index in [2.05, 4.69) is 12.1 Å². The van der Waals surface area contributed by atoms with Gasteiger partial charge >= 0.3 is 5.97 Å². The summed E-state index contributed by atoms with van der Waals surface area (Å²) in [5, 5.41) is 9.04. The van der Waals surface area contributed by atoms with E-state index in [9.17, 15) is 4.79 Å². The van der Waals surface area contributed by atoms with Crippen LogP contribution in [-0.2, 0) is 4.79 Å². The minimum Gasteiger partial charge on any atom is -0.481 e. The second kappa shape index (κ2) is 5.35. The molecule has 1 saturated carbocycles. The van der Waals surface area contributed by atoms with Gasteiger partial charge in [0.05, 0.1) is 5.92 Å². The number of hydrogen-bond donors (Lipinski definition) is 1. The number of benzene rings is 1. The Morgan fingerprint density at radius 1 is 1.29 bits per heavy atom. The molecule has 0 aliphatic heterocycles. The second-order valence-electron chi connectivity index (χ2n) is 5.06. The Morgan fingerprint density at radius 2 is 2.00 bits per heavy atom. The van der Waals surface area contributed by atoms with Crippen LogP contribution >= 0.6 is 0 Å². The van der Waals surface area contributed by atoms with Crippen LogP contribution in [0.15, 0.2) is 24.3 Å². The SMILES string of the molecule is CC(C(=O)O)c1cccc(C2CCCCC2)c1. The quantitative estimate of drug-likeness (QED) is 0.857. The van der Waals surface area contributed by atoms with E-state index >= 15 is 0 Å². The van der Waals surface area contributed by atoms with Crippen molar-refractivity contribution in [1.29, 1.82) is 0 Å². The number of carboxylic acids is 1. The van der Waals surface area contributed by atoms with E-state index in [4.69, 9.17) is 5.11 Å². The van der Waals surface area contributed by atoms with E-state index < -0.39 is 11.9 Å². The van der Waals surface area contributed by atoms with E-state index in [0.29, 0.717) is 5.92 Å². The number of carboxylic acid groups (broad SMARTS) is 1. The lowest BCUT2D eigenvalue weighted by Gasteiger charge is -2.22.